The van der Waals surface area contributed by atoms with Crippen LogP contribution in [0.5, 0.6) is 11.5 Å². The highest BCUT2D eigenvalue weighted by Gasteiger charge is 2.05. The average molecular weight is 355 g/mol. The quantitative estimate of drug-likeness (QED) is 0.562. The molecular formula is C22H29NO3. The number of carbonyl (C=O) groups excluding carboxylic acids is 1. The average Bonchev–Trinajstić information content (AvgIpc) is 2.66. The molecule has 2 aromatic carbocycles. The number of nitrogens with one attached hydrogen (secondary N) is 1. The van der Waals surface area contributed by atoms with Crippen molar-refractivity contribution in [2.45, 2.75) is 45.4 Å². The third kappa shape index (κ3) is 7.18. The first-order valence-electron chi connectivity index (χ1n) is 9.37. The van der Waals surface area contributed by atoms with E-state index < -0.39 is 0 Å². The zero-order valence-corrected chi connectivity index (χ0v) is 15.8. The Morgan fingerprint density at radius 3 is 2.19 bits per heavy atom. The maximum absolute atomic E-state index is 12.1. The normalized spacial score (nSPS) is 10.4. The highest BCUT2D eigenvalue weighted by atomic mass is 16.5. The highest BCUT2D eigenvalue weighted by molar-refractivity contribution is 5.92. The van der Waals surface area contributed by atoms with Gasteiger partial charge in [-0.2, -0.15) is 0 Å². The molecule has 0 aliphatic rings. The number of ether oxygens (including phenoxy) is 2. The zero-order valence-electron chi connectivity index (χ0n) is 15.8. The Morgan fingerprint density at radius 2 is 1.54 bits per heavy atom. The van der Waals surface area contributed by atoms with Crippen LogP contribution in [0.2, 0.25) is 0 Å². The highest BCUT2D eigenvalue weighted by Crippen LogP contribution is 2.17. The second kappa shape index (κ2) is 11.2. The number of unbranched alkanes of at least 4 members (excludes halogenated alkanes) is 4. The van der Waals surface area contributed by atoms with E-state index in [9.17, 15) is 4.79 Å². The molecule has 0 bridgehead atoms. The molecule has 4 nitrogen and oxygen atoms in total. The van der Waals surface area contributed by atoms with Crippen molar-refractivity contribution >= 4 is 11.6 Å². The summed E-state index contributed by atoms with van der Waals surface area (Å²) >= 11 is 0. The third-order valence-electron chi connectivity index (χ3n) is 4.18. The molecule has 1 amide bonds. The van der Waals surface area contributed by atoms with Crippen LogP contribution in [0.3, 0.4) is 0 Å². The van der Waals surface area contributed by atoms with Gasteiger partial charge < -0.3 is 14.8 Å². The van der Waals surface area contributed by atoms with Crippen LogP contribution in [0.1, 0.15) is 44.6 Å². The van der Waals surface area contributed by atoms with Crippen molar-refractivity contribution in [3.8, 4) is 11.5 Å². The number of hydrogen-bond donors (Lipinski definition) is 1. The Balaban J connectivity index is 1.72. The molecule has 0 unspecified atom stereocenters. The largest absolute Gasteiger partial charge is 0.497 e. The van der Waals surface area contributed by atoms with Crippen molar-refractivity contribution in [1.29, 1.82) is 0 Å². The summed E-state index contributed by atoms with van der Waals surface area (Å²) in [5.41, 5.74) is 1.73. The smallest absolute Gasteiger partial charge is 0.228 e. The Bertz CT molecular complexity index is 650. The third-order valence-corrected chi connectivity index (χ3v) is 4.18. The fourth-order valence-electron chi connectivity index (χ4n) is 2.66. The lowest BCUT2D eigenvalue weighted by atomic mass is 10.1. The van der Waals surface area contributed by atoms with Gasteiger partial charge in [0, 0.05) is 5.69 Å². The summed E-state index contributed by atoms with van der Waals surface area (Å²) in [4.78, 5) is 12.1. The number of methoxy groups -OCH3 is 1. The van der Waals surface area contributed by atoms with E-state index in [-0.39, 0.29) is 5.91 Å². The Morgan fingerprint density at radius 1 is 0.885 bits per heavy atom. The van der Waals surface area contributed by atoms with E-state index in [1.807, 2.05) is 48.5 Å². The Kier molecular flexibility index (Phi) is 8.53. The summed E-state index contributed by atoms with van der Waals surface area (Å²) in [7, 11) is 1.63. The first kappa shape index (κ1) is 19.8. The van der Waals surface area contributed by atoms with Gasteiger partial charge in [0.05, 0.1) is 20.1 Å². The second-order valence-electron chi connectivity index (χ2n) is 6.36. The van der Waals surface area contributed by atoms with Crippen molar-refractivity contribution in [2.24, 2.45) is 0 Å². The van der Waals surface area contributed by atoms with Crippen LogP contribution in [0.15, 0.2) is 48.5 Å². The van der Waals surface area contributed by atoms with Crippen LogP contribution >= 0.6 is 0 Å². The molecular weight excluding hydrogens is 326 g/mol. The number of anilines is 1. The lowest BCUT2D eigenvalue weighted by Crippen LogP contribution is -2.14. The molecule has 0 saturated heterocycles. The minimum absolute atomic E-state index is 0.0419. The fourth-order valence-corrected chi connectivity index (χ4v) is 2.66. The molecule has 0 spiro atoms. The SMILES string of the molecule is CCCCCCCOc1ccc(NC(=O)Cc2ccc(OC)cc2)cc1. The monoisotopic (exact) mass is 355 g/mol. The number of amides is 1. The molecule has 4 heteroatoms. The molecule has 0 radical (unpaired) electrons. The van der Waals surface area contributed by atoms with Gasteiger partial charge in [0.15, 0.2) is 0 Å². The van der Waals surface area contributed by atoms with Crippen molar-refractivity contribution in [3.05, 3.63) is 54.1 Å². The Labute approximate surface area is 156 Å². The summed E-state index contributed by atoms with van der Waals surface area (Å²) in [5.74, 6) is 1.59. The summed E-state index contributed by atoms with van der Waals surface area (Å²) in [6, 6.07) is 15.1. The van der Waals surface area contributed by atoms with Crippen molar-refractivity contribution < 1.29 is 14.3 Å². The molecule has 0 heterocycles. The van der Waals surface area contributed by atoms with Crippen molar-refractivity contribution in [1.82, 2.24) is 0 Å². The molecule has 0 atom stereocenters. The minimum atomic E-state index is -0.0419. The van der Waals surface area contributed by atoms with Gasteiger partial charge in [-0.15, -0.1) is 0 Å². The van der Waals surface area contributed by atoms with Gasteiger partial charge in [-0.3, -0.25) is 4.79 Å². The van der Waals surface area contributed by atoms with Gasteiger partial charge in [-0.1, -0.05) is 44.7 Å². The van der Waals surface area contributed by atoms with E-state index in [4.69, 9.17) is 9.47 Å². The number of benzene rings is 2. The van der Waals surface area contributed by atoms with Crippen molar-refractivity contribution in [3.63, 3.8) is 0 Å². The van der Waals surface area contributed by atoms with Gasteiger partial charge in [0.1, 0.15) is 11.5 Å². The first-order valence-corrected chi connectivity index (χ1v) is 9.37. The molecule has 140 valence electrons. The molecule has 2 aromatic rings. The van der Waals surface area contributed by atoms with Crippen LogP contribution < -0.4 is 14.8 Å². The van der Waals surface area contributed by atoms with Gasteiger partial charge in [0.25, 0.3) is 0 Å². The van der Waals surface area contributed by atoms with Gasteiger partial charge >= 0.3 is 0 Å². The standard InChI is InChI=1S/C22H29NO3/c1-3-4-5-6-7-16-26-21-14-10-19(11-15-21)23-22(24)17-18-8-12-20(25-2)13-9-18/h8-15H,3-7,16-17H2,1-2H3,(H,23,24). The molecule has 1 N–H and O–H groups in total. The number of rotatable bonds is 11. The van der Waals surface area contributed by atoms with E-state index in [2.05, 4.69) is 12.2 Å². The van der Waals surface area contributed by atoms with Gasteiger partial charge in [-0.05, 0) is 48.4 Å². The maximum atomic E-state index is 12.1. The van der Waals surface area contributed by atoms with E-state index in [0.717, 1.165) is 35.8 Å². The van der Waals surface area contributed by atoms with Crippen molar-refractivity contribution in [2.75, 3.05) is 19.0 Å². The summed E-state index contributed by atoms with van der Waals surface area (Å²) in [6.07, 6.45) is 6.46. The molecule has 2 rings (SSSR count). The van der Waals surface area contributed by atoms with E-state index in [0.29, 0.717) is 6.42 Å². The number of carbonyl (C=O) groups is 1. The lowest BCUT2D eigenvalue weighted by Gasteiger charge is -2.09. The summed E-state index contributed by atoms with van der Waals surface area (Å²) in [6.45, 7) is 2.96. The van der Waals surface area contributed by atoms with E-state index in [1.165, 1.54) is 25.7 Å². The second-order valence-corrected chi connectivity index (χ2v) is 6.36. The summed E-state index contributed by atoms with van der Waals surface area (Å²) < 4.78 is 10.9. The van der Waals surface area contributed by atoms with Gasteiger partial charge in [0.2, 0.25) is 5.91 Å². The minimum Gasteiger partial charge on any atom is -0.497 e. The van der Waals surface area contributed by atoms with Crippen LogP contribution in [0.25, 0.3) is 0 Å². The molecule has 0 aliphatic carbocycles. The predicted molar refractivity (Wildman–Crippen MR) is 106 cm³/mol. The van der Waals surface area contributed by atoms with Gasteiger partial charge in [-0.25, -0.2) is 0 Å². The molecule has 26 heavy (non-hydrogen) atoms. The maximum Gasteiger partial charge on any atom is 0.228 e. The van der Waals surface area contributed by atoms with Crippen LogP contribution in [-0.2, 0) is 11.2 Å². The number of hydrogen-bond acceptors (Lipinski definition) is 3. The van der Waals surface area contributed by atoms with E-state index >= 15 is 0 Å². The van der Waals surface area contributed by atoms with Crippen LogP contribution in [0, 0.1) is 0 Å². The summed E-state index contributed by atoms with van der Waals surface area (Å²) in [5, 5.41) is 2.91. The molecule has 0 fully saturated rings. The topological polar surface area (TPSA) is 47.6 Å². The molecule has 0 saturated carbocycles. The van der Waals surface area contributed by atoms with Crippen LogP contribution in [0.4, 0.5) is 5.69 Å². The molecule has 0 aromatic heterocycles. The fraction of sp³-hybridized carbons (Fsp3) is 0.409. The Hall–Kier alpha value is -2.49. The van der Waals surface area contributed by atoms with E-state index in [1.54, 1.807) is 7.11 Å². The first-order chi connectivity index (χ1) is 12.7. The van der Waals surface area contributed by atoms with Crippen LogP contribution in [-0.4, -0.2) is 19.6 Å². The zero-order chi connectivity index (χ0) is 18.6. The molecule has 0 aliphatic heterocycles. The lowest BCUT2D eigenvalue weighted by molar-refractivity contribution is -0.115. The predicted octanol–water partition coefficient (Wildman–Crippen LogP) is 5.23.